The Kier molecular flexibility index (Phi) is 5.56. The maximum atomic E-state index is 10.6. The Balaban J connectivity index is 0.00000112. The zero-order valence-electron chi connectivity index (χ0n) is 8.08. The number of benzene rings is 1. The zero-order chi connectivity index (χ0) is 9.97. The summed E-state index contributed by atoms with van der Waals surface area (Å²) in [5.74, 6) is -1.00. The van der Waals surface area contributed by atoms with Crippen LogP contribution in [0.5, 0.6) is 0 Å². The second-order valence-electron chi connectivity index (χ2n) is 2.84. The van der Waals surface area contributed by atoms with Gasteiger partial charge < -0.3 is 5.11 Å². The summed E-state index contributed by atoms with van der Waals surface area (Å²) in [6.45, 7) is 0. The molecule has 0 aliphatic heterocycles. The number of hydrogen-bond donors (Lipinski definition) is 2. The Hall–Kier alpha value is -1.52. The Morgan fingerprint density at radius 2 is 1.81 bits per heavy atom. The van der Waals surface area contributed by atoms with Gasteiger partial charge in [0.2, 0.25) is 0 Å². The quantitative estimate of drug-likeness (QED) is 0.873. The largest absolute Gasteiger partial charge is 0.477 e. The van der Waals surface area contributed by atoms with E-state index in [-0.39, 0.29) is 30.5 Å². The smallest absolute Gasteiger partial charge is 0.353 e. The highest BCUT2D eigenvalue weighted by Gasteiger charge is 2.08. The third-order valence-corrected chi connectivity index (χ3v) is 1.88. The van der Waals surface area contributed by atoms with Gasteiger partial charge in [0, 0.05) is 5.56 Å². The van der Waals surface area contributed by atoms with Crippen LogP contribution in [0.2, 0.25) is 0 Å². The molecule has 0 radical (unpaired) electrons. The lowest BCUT2D eigenvalue weighted by Crippen LogP contribution is -1.95. The SMILES string of the molecule is Cl.Cl.O=C(O)c1cc(-c2ccccc2)n[nH]1. The van der Waals surface area contributed by atoms with Crippen molar-refractivity contribution in [1.82, 2.24) is 10.2 Å². The van der Waals surface area contributed by atoms with E-state index in [0.717, 1.165) is 5.56 Å². The molecule has 0 amide bonds. The fourth-order valence-electron chi connectivity index (χ4n) is 1.19. The van der Waals surface area contributed by atoms with Crippen LogP contribution in [0.4, 0.5) is 0 Å². The summed E-state index contributed by atoms with van der Waals surface area (Å²) in [5, 5.41) is 15.0. The fraction of sp³-hybridized carbons (Fsp3) is 0. The zero-order valence-corrected chi connectivity index (χ0v) is 9.72. The molecule has 4 nitrogen and oxygen atoms in total. The number of halogens is 2. The molecule has 0 aliphatic carbocycles. The molecule has 1 aromatic heterocycles. The van der Waals surface area contributed by atoms with Gasteiger partial charge in [-0.05, 0) is 6.07 Å². The standard InChI is InChI=1S/C10H8N2O2.2ClH/c13-10(14)9-6-8(11-12-9)7-4-2-1-3-5-7;;/h1-6H,(H,11,12)(H,13,14);2*1H. The minimum absolute atomic E-state index is 0. The van der Waals surface area contributed by atoms with E-state index in [9.17, 15) is 4.79 Å². The predicted molar refractivity (Wildman–Crippen MR) is 65.5 cm³/mol. The number of nitrogens with zero attached hydrogens (tertiary/aromatic N) is 1. The van der Waals surface area contributed by atoms with Gasteiger partial charge in [0.25, 0.3) is 0 Å². The first-order valence-electron chi connectivity index (χ1n) is 4.11. The number of carboxylic acids is 1. The van der Waals surface area contributed by atoms with Crippen molar-refractivity contribution < 1.29 is 9.90 Å². The number of nitrogens with one attached hydrogen (secondary N) is 1. The van der Waals surface area contributed by atoms with E-state index < -0.39 is 5.97 Å². The van der Waals surface area contributed by atoms with E-state index in [1.807, 2.05) is 30.3 Å². The number of aromatic carboxylic acids is 1. The Bertz CT molecular complexity index is 457. The van der Waals surface area contributed by atoms with Crippen molar-refractivity contribution in [2.75, 3.05) is 0 Å². The number of aromatic amines is 1. The first-order chi connectivity index (χ1) is 6.77. The van der Waals surface area contributed by atoms with Crippen LogP contribution < -0.4 is 0 Å². The fourth-order valence-corrected chi connectivity index (χ4v) is 1.19. The molecule has 0 fully saturated rings. The summed E-state index contributed by atoms with van der Waals surface area (Å²) < 4.78 is 0. The normalized spacial score (nSPS) is 8.75. The lowest BCUT2D eigenvalue weighted by molar-refractivity contribution is 0.0690. The van der Waals surface area contributed by atoms with Gasteiger partial charge in [-0.3, -0.25) is 5.10 Å². The second kappa shape index (κ2) is 6.15. The minimum Gasteiger partial charge on any atom is -0.477 e. The molecule has 6 heteroatoms. The van der Waals surface area contributed by atoms with Crippen LogP contribution in [0, 0.1) is 0 Å². The van der Waals surface area contributed by atoms with Crippen LogP contribution in [0.3, 0.4) is 0 Å². The molecule has 1 heterocycles. The van der Waals surface area contributed by atoms with Crippen LogP contribution in [0.1, 0.15) is 10.5 Å². The molecule has 86 valence electrons. The molecule has 1 aromatic carbocycles. The first kappa shape index (κ1) is 14.5. The molecular weight excluding hydrogens is 251 g/mol. The van der Waals surface area contributed by atoms with Crippen molar-refractivity contribution in [2.45, 2.75) is 0 Å². The maximum Gasteiger partial charge on any atom is 0.353 e. The summed E-state index contributed by atoms with van der Waals surface area (Å²) >= 11 is 0. The van der Waals surface area contributed by atoms with Gasteiger partial charge in [0.15, 0.2) is 0 Å². The number of hydrogen-bond acceptors (Lipinski definition) is 2. The van der Waals surface area contributed by atoms with E-state index in [2.05, 4.69) is 10.2 Å². The van der Waals surface area contributed by atoms with Crippen molar-refractivity contribution in [3.63, 3.8) is 0 Å². The molecule has 0 saturated heterocycles. The molecule has 2 aromatic rings. The third kappa shape index (κ3) is 2.98. The first-order valence-corrected chi connectivity index (χ1v) is 4.11. The molecular formula is C10H10Cl2N2O2. The summed E-state index contributed by atoms with van der Waals surface area (Å²) in [7, 11) is 0. The Morgan fingerprint density at radius 3 is 2.31 bits per heavy atom. The number of H-pyrrole nitrogens is 1. The molecule has 0 bridgehead atoms. The van der Waals surface area contributed by atoms with Gasteiger partial charge in [-0.25, -0.2) is 4.79 Å². The van der Waals surface area contributed by atoms with Crippen molar-refractivity contribution in [2.24, 2.45) is 0 Å². The lowest BCUT2D eigenvalue weighted by atomic mass is 10.1. The number of carbonyl (C=O) groups is 1. The Morgan fingerprint density at radius 1 is 1.19 bits per heavy atom. The Labute approximate surface area is 105 Å². The molecule has 16 heavy (non-hydrogen) atoms. The van der Waals surface area contributed by atoms with Crippen LogP contribution >= 0.6 is 24.8 Å². The molecule has 2 N–H and O–H groups in total. The summed E-state index contributed by atoms with van der Waals surface area (Å²) in [6.07, 6.45) is 0. The van der Waals surface area contributed by atoms with Crippen molar-refractivity contribution in [3.05, 3.63) is 42.1 Å². The average Bonchev–Trinajstić information content (AvgIpc) is 2.68. The summed E-state index contributed by atoms with van der Waals surface area (Å²) in [5.41, 5.74) is 1.64. The number of rotatable bonds is 2. The molecule has 0 spiro atoms. The van der Waals surface area contributed by atoms with E-state index >= 15 is 0 Å². The number of aromatic nitrogens is 2. The van der Waals surface area contributed by atoms with E-state index in [0.29, 0.717) is 5.69 Å². The molecule has 0 unspecified atom stereocenters. The highest BCUT2D eigenvalue weighted by atomic mass is 35.5. The van der Waals surface area contributed by atoms with Crippen LogP contribution in [-0.4, -0.2) is 21.3 Å². The molecule has 2 rings (SSSR count). The van der Waals surface area contributed by atoms with Gasteiger partial charge in [-0.2, -0.15) is 5.10 Å². The third-order valence-electron chi connectivity index (χ3n) is 1.88. The predicted octanol–water partition coefficient (Wildman–Crippen LogP) is 2.62. The lowest BCUT2D eigenvalue weighted by Gasteiger charge is -1.92. The van der Waals surface area contributed by atoms with E-state index in [4.69, 9.17) is 5.11 Å². The maximum absolute atomic E-state index is 10.6. The van der Waals surface area contributed by atoms with Crippen molar-refractivity contribution in [3.8, 4) is 11.3 Å². The molecule has 0 saturated carbocycles. The van der Waals surface area contributed by atoms with E-state index in [1.54, 1.807) is 0 Å². The van der Waals surface area contributed by atoms with Crippen LogP contribution in [0.25, 0.3) is 11.3 Å². The second-order valence-corrected chi connectivity index (χ2v) is 2.84. The minimum atomic E-state index is -1.00. The summed E-state index contributed by atoms with van der Waals surface area (Å²) in [6, 6.07) is 10.9. The van der Waals surface area contributed by atoms with Gasteiger partial charge in [-0.1, -0.05) is 30.3 Å². The molecule has 0 aliphatic rings. The monoisotopic (exact) mass is 260 g/mol. The number of carboxylic acid groups (broad SMARTS) is 1. The van der Waals surface area contributed by atoms with Gasteiger partial charge in [0.1, 0.15) is 5.69 Å². The van der Waals surface area contributed by atoms with Gasteiger partial charge in [0.05, 0.1) is 5.69 Å². The highest BCUT2D eigenvalue weighted by molar-refractivity contribution is 5.86. The molecule has 0 atom stereocenters. The topological polar surface area (TPSA) is 66.0 Å². The highest BCUT2D eigenvalue weighted by Crippen LogP contribution is 2.16. The van der Waals surface area contributed by atoms with Crippen LogP contribution in [-0.2, 0) is 0 Å². The van der Waals surface area contributed by atoms with E-state index in [1.165, 1.54) is 6.07 Å². The van der Waals surface area contributed by atoms with Crippen molar-refractivity contribution >= 4 is 30.8 Å². The summed E-state index contributed by atoms with van der Waals surface area (Å²) in [4.78, 5) is 10.6. The van der Waals surface area contributed by atoms with Crippen LogP contribution in [0.15, 0.2) is 36.4 Å². The van der Waals surface area contributed by atoms with Gasteiger partial charge in [-0.15, -0.1) is 24.8 Å². The van der Waals surface area contributed by atoms with Crippen molar-refractivity contribution in [1.29, 1.82) is 0 Å². The van der Waals surface area contributed by atoms with Gasteiger partial charge >= 0.3 is 5.97 Å². The average molecular weight is 261 g/mol.